The molecule has 1 fully saturated rings. The molecule has 2 amide bonds. The molecule has 4 nitrogen and oxygen atoms in total. The summed E-state index contributed by atoms with van der Waals surface area (Å²) in [6, 6.07) is 15.6. The molecular weight excluding hydrogens is 308 g/mol. The van der Waals surface area contributed by atoms with E-state index in [2.05, 4.69) is 5.32 Å². The highest BCUT2D eigenvalue weighted by Crippen LogP contribution is 2.44. The third-order valence-corrected chi connectivity index (χ3v) is 4.91. The van der Waals surface area contributed by atoms with E-state index in [0.29, 0.717) is 5.75 Å². The molecule has 2 aromatic carbocycles. The Morgan fingerprint density at radius 3 is 2.57 bits per heavy atom. The van der Waals surface area contributed by atoms with Crippen molar-refractivity contribution < 1.29 is 9.59 Å². The third-order valence-electron chi connectivity index (χ3n) is 3.72. The van der Waals surface area contributed by atoms with Crippen molar-refractivity contribution in [3.63, 3.8) is 0 Å². The molecule has 1 N–H and O–H groups in total. The van der Waals surface area contributed by atoms with Gasteiger partial charge in [0.1, 0.15) is 5.37 Å². The van der Waals surface area contributed by atoms with Gasteiger partial charge in [0.2, 0.25) is 11.8 Å². The van der Waals surface area contributed by atoms with Crippen LogP contribution in [0.2, 0.25) is 0 Å². The van der Waals surface area contributed by atoms with E-state index < -0.39 is 0 Å². The van der Waals surface area contributed by atoms with Crippen molar-refractivity contribution in [2.45, 2.75) is 19.2 Å². The lowest BCUT2D eigenvalue weighted by Gasteiger charge is -2.26. The molecular formula is C18H18N2O2S. The predicted octanol–water partition coefficient (Wildman–Crippen LogP) is 3.73. The minimum absolute atomic E-state index is 0.0847. The lowest BCUT2D eigenvalue weighted by Crippen LogP contribution is -2.28. The van der Waals surface area contributed by atoms with Crippen LogP contribution in [0, 0.1) is 6.92 Å². The summed E-state index contributed by atoms with van der Waals surface area (Å²) in [5.74, 6) is 0.405. The van der Waals surface area contributed by atoms with Gasteiger partial charge in [-0.05, 0) is 25.1 Å². The number of thioether (sulfide) groups is 1. The van der Waals surface area contributed by atoms with Crippen LogP contribution in [-0.4, -0.2) is 17.6 Å². The lowest BCUT2D eigenvalue weighted by molar-refractivity contribution is -0.116. The number of anilines is 2. The zero-order chi connectivity index (χ0) is 16.4. The number of hydrogen-bond donors (Lipinski definition) is 1. The minimum Gasteiger partial charge on any atom is -0.326 e. The van der Waals surface area contributed by atoms with E-state index in [1.165, 1.54) is 6.92 Å². The standard InChI is InChI=1S/C18H18N2O2S/c1-12-7-9-14(10-8-12)20-17(22)11-23-18(20)15-5-3-4-6-16(15)19-13(2)21/h3-10,18H,11H2,1-2H3,(H,19,21)/t18-/m0/s1. The normalized spacial score (nSPS) is 17.4. The van der Waals surface area contributed by atoms with Gasteiger partial charge in [0.15, 0.2) is 0 Å². The molecule has 1 aliphatic rings. The molecule has 1 aliphatic heterocycles. The van der Waals surface area contributed by atoms with E-state index in [-0.39, 0.29) is 17.2 Å². The van der Waals surface area contributed by atoms with Crippen molar-refractivity contribution in [3.8, 4) is 0 Å². The second kappa shape index (κ2) is 6.46. The van der Waals surface area contributed by atoms with Crippen LogP contribution < -0.4 is 10.2 Å². The van der Waals surface area contributed by atoms with Gasteiger partial charge in [-0.3, -0.25) is 14.5 Å². The largest absolute Gasteiger partial charge is 0.326 e. The van der Waals surface area contributed by atoms with Crippen LogP contribution in [0.15, 0.2) is 48.5 Å². The molecule has 5 heteroatoms. The summed E-state index contributed by atoms with van der Waals surface area (Å²) in [6.07, 6.45) is 0. The number of carbonyl (C=O) groups is 2. The average Bonchev–Trinajstić information content (AvgIpc) is 2.90. The number of nitrogens with zero attached hydrogens (tertiary/aromatic N) is 1. The first-order valence-electron chi connectivity index (χ1n) is 7.43. The Morgan fingerprint density at radius 2 is 1.87 bits per heavy atom. The number of nitrogens with one attached hydrogen (secondary N) is 1. The molecule has 23 heavy (non-hydrogen) atoms. The van der Waals surface area contributed by atoms with E-state index in [1.54, 1.807) is 11.8 Å². The average molecular weight is 326 g/mol. The van der Waals surface area contributed by atoms with E-state index >= 15 is 0 Å². The molecule has 0 saturated carbocycles. The molecule has 1 saturated heterocycles. The topological polar surface area (TPSA) is 49.4 Å². The molecule has 0 aromatic heterocycles. The van der Waals surface area contributed by atoms with Crippen molar-refractivity contribution in [3.05, 3.63) is 59.7 Å². The molecule has 0 aliphatic carbocycles. The van der Waals surface area contributed by atoms with Gasteiger partial charge in [0.05, 0.1) is 5.75 Å². The van der Waals surface area contributed by atoms with E-state index in [4.69, 9.17) is 0 Å². The fourth-order valence-corrected chi connectivity index (χ4v) is 3.87. The molecule has 1 heterocycles. The minimum atomic E-state index is -0.131. The van der Waals surface area contributed by atoms with Crippen molar-refractivity contribution in [1.29, 1.82) is 0 Å². The van der Waals surface area contributed by atoms with Crippen LogP contribution in [0.5, 0.6) is 0 Å². The number of para-hydroxylation sites is 1. The summed E-state index contributed by atoms with van der Waals surface area (Å²) in [5, 5.41) is 2.72. The van der Waals surface area contributed by atoms with Gasteiger partial charge in [-0.15, -0.1) is 11.8 Å². The van der Waals surface area contributed by atoms with Gasteiger partial charge in [0.25, 0.3) is 0 Å². The first-order valence-corrected chi connectivity index (χ1v) is 8.48. The highest BCUT2D eigenvalue weighted by Gasteiger charge is 2.35. The molecule has 1 atom stereocenters. The Morgan fingerprint density at radius 1 is 1.17 bits per heavy atom. The van der Waals surface area contributed by atoms with Gasteiger partial charge < -0.3 is 5.32 Å². The smallest absolute Gasteiger partial charge is 0.238 e. The van der Waals surface area contributed by atoms with Crippen LogP contribution >= 0.6 is 11.8 Å². The van der Waals surface area contributed by atoms with Gasteiger partial charge in [-0.2, -0.15) is 0 Å². The number of amides is 2. The second-order valence-corrected chi connectivity index (χ2v) is 6.60. The fourth-order valence-electron chi connectivity index (χ4n) is 2.65. The summed E-state index contributed by atoms with van der Waals surface area (Å²) >= 11 is 1.58. The van der Waals surface area contributed by atoms with Gasteiger partial charge in [-0.25, -0.2) is 0 Å². The SMILES string of the molecule is CC(=O)Nc1ccccc1[C@@H]1SCC(=O)N1c1ccc(C)cc1. The fraction of sp³-hybridized carbons (Fsp3) is 0.222. The summed E-state index contributed by atoms with van der Waals surface area (Å²) < 4.78 is 0. The van der Waals surface area contributed by atoms with Crippen LogP contribution in [0.1, 0.15) is 23.4 Å². The zero-order valence-electron chi connectivity index (χ0n) is 13.1. The van der Waals surface area contributed by atoms with Crippen molar-refractivity contribution in [1.82, 2.24) is 0 Å². The first kappa shape index (κ1) is 15.6. The summed E-state index contributed by atoms with van der Waals surface area (Å²) in [4.78, 5) is 25.6. The molecule has 0 bridgehead atoms. The van der Waals surface area contributed by atoms with Crippen LogP contribution in [0.4, 0.5) is 11.4 Å². The Balaban J connectivity index is 2.00. The van der Waals surface area contributed by atoms with Gasteiger partial charge in [-0.1, -0.05) is 35.9 Å². The number of benzene rings is 2. The number of carbonyl (C=O) groups excluding carboxylic acids is 2. The van der Waals surface area contributed by atoms with Crippen molar-refractivity contribution in [2.75, 3.05) is 16.0 Å². The summed E-state index contributed by atoms with van der Waals surface area (Å²) in [7, 11) is 0. The quantitative estimate of drug-likeness (QED) is 0.935. The Hall–Kier alpha value is -2.27. The third kappa shape index (κ3) is 3.24. The van der Waals surface area contributed by atoms with Crippen LogP contribution in [-0.2, 0) is 9.59 Å². The predicted molar refractivity (Wildman–Crippen MR) is 94.6 cm³/mol. The monoisotopic (exact) mass is 326 g/mol. The Kier molecular flexibility index (Phi) is 4.39. The molecule has 0 spiro atoms. The number of rotatable bonds is 3. The van der Waals surface area contributed by atoms with E-state index in [0.717, 1.165) is 22.5 Å². The number of aryl methyl sites for hydroxylation is 1. The lowest BCUT2D eigenvalue weighted by atomic mass is 10.1. The summed E-state index contributed by atoms with van der Waals surface area (Å²) in [6.45, 7) is 3.51. The highest BCUT2D eigenvalue weighted by atomic mass is 32.2. The summed E-state index contributed by atoms with van der Waals surface area (Å²) in [5.41, 5.74) is 3.74. The molecule has 3 rings (SSSR count). The second-order valence-electron chi connectivity index (χ2n) is 5.53. The van der Waals surface area contributed by atoms with Gasteiger partial charge in [0, 0.05) is 23.9 Å². The maximum absolute atomic E-state index is 12.4. The molecule has 0 radical (unpaired) electrons. The zero-order valence-corrected chi connectivity index (χ0v) is 13.9. The maximum Gasteiger partial charge on any atom is 0.238 e. The molecule has 118 valence electrons. The molecule has 0 unspecified atom stereocenters. The number of hydrogen-bond acceptors (Lipinski definition) is 3. The van der Waals surface area contributed by atoms with Gasteiger partial charge >= 0.3 is 0 Å². The van der Waals surface area contributed by atoms with Crippen molar-refractivity contribution >= 4 is 35.0 Å². The van der Waals surface area contributed by atoms with Crippen molar-refractivity contribution in [2.24, 2.45) is 0 Å². The maximum atomic E-state index is 12.4. The van der Waals surface area contributed by atoms with Crippen LogP contribution in [0.3, 0.4) is 0 Å². The molecule has 2 aromatic rings. The Bertz CT molecular complexity index is 743. The first-order chi connectivity index (χ1) is 11.1. The Labute approximate surface area is 139 Å². The highest BCUT2D eigenvalue weighted by molar-refractivity contribution is 8.00. The van der Waals surface area contributed by atoms with Crippen LogP contribution in [0.25, 0.3) is 0 Å². The van der Waals surface area contributed by atoms with E-state index in [9.17, 15) is 9.59 Å². The van der Waals surface area contributed by atoms with E-state index in [1.807, 2.05) is 60.4 Å².